The van der Waals surface area contributed by atoms with E-state index in [2.05, 4.69) is 12.2 Å². The Morgan fingerprint density at radius 2 is 2.28 bits per heavy atom. The van der Waals surface area contributed by atoms with Gasteiger partial charge in [-0.05, 0) is 31.1 Å². The van der Waals surface area contributed by atoms with Crippen LogP contribution in [-0.4, -0.2) is 45.3 Å². The minimum Gasteiger partial charge on any atom is -0.340 e. The summed E-state index contributed by atoms with van der Waals surface area (Å²) in [5.41, 5.74) is 0.00177. The van der Waals surface area contributed by atoms with Crippen LogP contribution >= 0.6 is 11.8 Å². The van der Waals surface area contributed by atoms with Gasteiger partial charge in [-0.3, -0.25) is 24.9 Å². The van der Waals surface area contributed by atoms with E-state index in [0.29, 0.717) is 22.8 Å². The molecule has 2 N–H and O–H groups in total. The average Bonchev–Trinajstić information content (AvgIpc) is 2.59. The van der Waals surface area contributed by atoms with E-state index in [4.69, 9.17) is 0 Å². The first kappa shape index (κ1) is 19.2. The molecule has 1 atom stereocenters. The summed E-state index contributed by atoms with van der Waals surface area (Å²) in [6, 6.07) is 3.34. The average molecular weight is 367 g/mol. The molecule has 0 aliphatic carbocycles. The van der Waals surface area contributed by atoms with Crippen LogP contribution in [0.3, 0.4) is 0 Å². The quantitative estimate of drug-likeness (QED) is 0.252. The number of nitrogens with zero attached hydrogens (tertiary/aromatic N) is 2. The molecule has 2 rings (SSSR count). The molecule has 0 saturated carbocycles. The van der Waals surface area contributed by atoms with E-state index in [-0.39, 0.29) is 17.8 Å². The van der Waals surface area contributed by atoms with Crippen molar-refractivity contribution in [3.8, 4) is 0 Å². The number of unbranched alkanes of at least 4 members (excludes halogenated alkanes) is 1. The van der Waals surface area contributed by atoms with Crippen LogP contribution in [0.5, 0.6) is 0 Å². The number of hydrogen-bond donors (Lipinski definition) is 2. The topological polar surface area (TPSA) is 113 Å². The van der Waals surface area contributed by atoms with Crippen LogP contribution in [0.2, 0.25) is 0 Å². The van der Waals surface area contributed by atoms with E-state index >= 15 is 0 Å². The summed E-state index contributed by atoms with van der Waals surface area (Å²) in [6.07, 6.45) is 2.96. The zero-order valence-electron chi connectivity index (χ0n) is 13.9. The molecule has 1 saturated heterocycles. The maximum atomic E-state index is 12.6. The molecule has 1 aliphatic heterocycles. The maximum Gasteiger partial charge on any atom is 0.270 e. The monoisotopic (exact) mass is 367 g/mol. The second-order valence-corrected chi connectivity index (χ2v) is 6.91. The molecule has 0 bridgehead atoms. The molecular formula is C16H21N3O5S. The lowest BCUT2D eigenvalue weighted by atomic mass is 10.1. The summed E-state index contributed by atoms with van der Waals surface area (Å²) in [5.74, 6) is -0.317. The smallest absolute Gasteiger partial charge is 0.270 e. The summed E-state index contributed by atoms with van der Waals surface area (Å²) in [4.78, 5) is 35.6. The van der Waals surface area contributed by atoms with Crippen molar-refractivity contribution in [2.24, 2.45) is 0 Å². The number of thioether (sulfide) groups is 1. The number of nitrogens with one attached hydrogen (secondary N) is 1. The van der Waals surface area contributed by atoms with Crippen LogP contribution in [-0.2, 0) is 4.79 Å². The first-order valence-electron chi connectivity index (χ1n) is 8.16. The fraction of sp³-hybridized carbons (Fsp3) is 0.500. The number of nitro groups is 1. The van der Waals surface area contributed by atoms with Gasteiger partial charge in [-0.15, -0.1) is 11.8 Å². The molecule has 2 amide bonds. The van der Waals surface area contributed by atoms with Crippen molar-refractivity contribution in [3.05, 3.63) is 33.9 Å². The Morgan fingerprint density at radius 1 is 1.52 bits per heavy atom. The Balaban J connectivity index is 2.21. The van der Waals surface area contributed by atoms with Crippen molar-refractivity contribution in [1.82, 2.24) is 10.4 Å². The SMILES string of the molecule is CCCCSc1ccc([N+](=O)[O-])cc1C(=O)NC1CCCN(O)C1=O. The minimum atomic E-state index is -0.820. The Hall–Kier alpha value is -2.13. The highest BCUT2D eigenvalue weighted by atomic mass is 32.2. The van der Waals surface area contributed by atoms with Gasteiger partial charge >= 0.3 is 0 Å². The third-order valence-corrected chi connectivity index (χ3v) is 5.05. The van der Waals surface area contributed by atoms with E-state index in [1.807, 2.05) is 0 Å². The number of benzene rings is 1. The van der Waals surface area contributed by atoms with Crippen molar-refractivity contribution in [2.45, 2.75) is 43.5 Å². The standard InChI is InChI=1S/C16H21N3O5S/c1-2-3-9-25-14-7-6-11(19(23)24)10-12(14)15(20)17-13-5-4-8-18(22)16(13)21/h6-7,10,13,22H,2-5,8-9H2,1H3,(H,17,20). The summed E-state index contributed by atoms with van der Waals surface area (Å²) in [5, 5.41) is 23.7. The molecule has 0 spiro atoms. The van der Waals surface area contributed by atoms with E-state index in [0.717, 1.165) is 18.6 Å². The van der Waals surface area contributed by atoms with Gasteiger partial charge in [-0.1, -0.05) is 13.3 Å². The number of rotatable bonds is 7. The molecule has 1 unspecified atom stereocenters. The molecule has 1 aromatic rings. The van der Waals surface area contributed by atoms with E-state index in [9.17, 15) is 24.9 Å². The first-order valence-corrected chi connectivity index (χ1v) is 9.15. The largest absolute Gasteiger partial charge is 0.340 e. The normalized spacial score (nSPS) is 17.4. The number of non-ortho nitro benzene ring substituents is 1. The zero-order chi connectivity index (χ0) is 18.4. The van der Waals surface area contributed by atoms with Gasteiger partial charge in [0.15, 0.2) is 0 Å². The van der Waals surface area contributed by atoms with Crippen molar-refractivity contribution in [3.63, 3.8) is 0 Å². The van der Waals surface area contributed by atoms with Crippen LogP contribution in [0, 0.1) is 10.1 Å². The fourth-order valence-corrected chi connectivity index (χ4v) is 3.61. The number of hydrogen-bond acceptors (Lipinski definition) is 6. The van der Waals surface area contributed by atoms with Gasteiger partial charge in [-0.2, -0.15) is 0 Å². The molecular weight excluding hydrogens is 346 g/mol. The van der Waals surface area contributed by atoms with E-state index in [1.165, 1.54) is 23.9 Å². The molecule has 8 nitrogen and oxygen atoms in total. The highest BCUT2D eigenvalue weighted by Gasteiger charge is 2.30. The van der Waals surface area contributed by atoms with Crippen LogP contribution in [0.15, 0.2) is 23.1 Å². The number of nitro benzene ring substituents is 1. The summed E-state index contributed by atoms with van der Waals surface area (Å²) in [6.45, 7) is 2.29. The highest BCUT2D eigenvalue weighted by Crippen LogP contribution is 2.28. The number of carbonyl (C=O) groups excluding carboxylic acids is 2. The van der Waals surface area contributed by atoms with Gasteiger partial charge in [-0.25, -0.2) is 5.06 Å². The van der Waals surface area contributed by atoms with Gasteiger partial charge in [0.05, 0.1) is 10.5 Å². The molecule has 25 heavy (non-hydrogen) atoms. The fourth-order valence-electron chi connectivity index (χ4n) is 2.49. The number of amides is 2. The Labute approximate surface area is 149 Å². The molecule has 1 aromatic carbocycles. The molecule has 0 radical (unpaired) electrons. The van der Waals surface area contributed by atoms with Gasteiger partial charge < -0.3 is 5.32 Å². The molecule has 1 aliphatic rings. The second kappa shape index (κ2) is 8.82. The number of hydroxylamine groups is 2. The zero-order valence-corrected chi connectivity index (χ0v) is 14.8. The van der Waals surface area contributed by atoms with E-state index < -0.39 is 22.8 Å². The van der Waals surface area contributed by atoms with Gasteiger partial charge in [0.2, 0.25) is 0 Å². The van der Waals surface area contributed by atoms with Gasteiger partial charge in [0, 0.05) is 23.6 Å². The predicted molar refractivity (Wildman–Crippen MR) is 92.7 cm³/mol. The van der Waals surface area contributed by atoms with Crippen LogP contribution in [0.1, 0.15) is 43.0 Å². The van der Waals surface area contributed by atoms with Gasteiger partial charge in [0.1, 0.15) is 6.04 Å². The Morgan fingerprint density at radius 3 is 2.96 bits per heavy atom. The first-order chi connectivity index (χ1) is 11.9. The van der Waals surface area contributed by atoms with Crippen molar-refractivity contribution in [2.75, 3.05) is 12.3 Å². The molecule has 136 valence electrons. The maximum absolute atomic E-state index is 12.6. The summed E-state index contributed by atoms with van der Waals surface area (Å²) in [7, 11) is 0. The summed E-state index contributed by atoms with van der Waals surface area (Å²) >= 11 is 1.46. The van der Waals surface area contributed by atoms with Crippen LogP contribution < -0.4 is 5.32 Å². The lowest BCUT2D eigenvalue weighted by molar-refractivity contribution is -0.384. The van der Waals surface area contributed by atoms with Gasteiger partial charge in [0.25, 0.3) is 17.5 Å². The van der Waals surface area contributed by atoms with E-state index in [1.54, 1.807) is 6.07 Å². The molecule has 1 heterocycles. The summed E-state index contributed by atoms with van der Waals surface area (Å²) < 4.78 is 0. The predicted octanol–water partition coefficient (Wildman–Crippen LogP) is 2.60. The third-order valence-electron chi connectivity index (χ3n) is 3.89. The number of piperidine rings is 1. The van der Waals surface area contributed by atoms with Crippen molar-refractivity contribution >= 4 is 29.3 Å². The molecule has 1 fully saturated rings. The lowest BCUT2D eigenvalue weighted by Gasteiger charge is -2.28. The Kier molecular flexibility index (Phi) is 6.77. The second-order valence-electron chi connectivity index (χ2n) is 5.77. The lowest BCUT2D eigenvalue weighted by Crippen LogP contribution is -2.51. The number of carbonyl (C=O) groups is 2. The minimum absolute atomic E-state index is 0.177. The van der Waals surface area contributed by atoms with Crippen LogP contribution in [0.25, 0.3) is 0 Å². The highest BCUT2D eigenvalue weighted by molar-refractivity contribution is 7.99. The van der Waals surface area contributed by atoms with Crippen molar-refractivity contribution in [1.29, 1.82) is 0 Å². The molecule has 9 heteroatoms. The van der Waals surface area contributed by atoms with Crippen molar-refractivity contribution < 1.29 is 19.7 Å². The molecule has 0 aromatic heterocycles. The Bertz CT molecular complexity index is 667. The third kappa shape index (κ3) is 4.93. The van der Waals surface area contributed by atoms with Crippen LogP contribution in [0.4, 0.5) is 5.69 Å².